The summed E-state index contributed by atoms with van der Waals surface area (Å²) in [7, 11) is 1.80. The molecule has 31 heavy (non-hydrogen) atoms. The summed E-state index contributed by atoms with van der Waals surface area (Å²) in [4.78, 5) is 18.4. The number of primary amides is 1. The highest BCUT2D eigenvalue weighted by molar-refractivity contribution is 5.90. The zero-order chi connectivity index (χ0) is 20.7. The lowest BCUT2D eigenvalue weighted by Crippen LogP contribution is -2.58. The molecule has 0 radical (unpaired) electrons. The maximum atomic E-state index is 11.7. The van der Waals surface area contributed by atoms with E-state index in [4.69, 9.17) is 10.5 Å². The van der Waals surface area contributed by atoms with Crippen molar-refractivity contribution < 1.29 is 9.53 Å². The Balaban J connectivity index is 0.00000231. The lowest BCUT2D eigenvalue weighted by atomic mass is 9.62. The van der Waals surface area contributed by atoms with Crippen molar-refractivity contribution in [3.8, 4) is 0 Å². The highest BCUT2D eigenvalue weighted by Gasteiger charge is 2.53. The molecule has 1 aliphatic carbocycles. The molecule has 1 aliphatic heterocycles. The van der Waals surface area contributed by atoms with Crippen molar-refractivity contribution in [1.82, 2.24) is 20.1 Å². The lowest BCUT2D eigenvalue weighted by Gasteiger charge is -2.55. The van der Waals surface area contributed by atoms with E-state index >= 15 is 0 Å². The minimum atomic E-state index is -0.504. The molecular weight excluding hydrogens is 414 g/mol. The van der Waals surface area contributed by atoms with Crippen LogP contribution in [0.5, 0.6) is 0 Å². The molecule has 3 aromatic rings. The van der Waals surface area contributed by atoms with Gasteiger partial charge in [-0.1, -0.05) is 24.6 Å². The van der Waals surface area contributed by atoms with Gasteiger partial charge in [0.25, 0.3) is 5.91 Å². The van der Waals surface area contributed by atoms with E-state index in [1.165, 1.54) is 11.8 Å². The maximum absolute atomic E-state index is 11.7. The van der Waals surface area contributed by atoms with E-state index in [9.17, 15) is 4.79 Å². The molecule has 2 aromatic heterocycles. The van der Waals surface area contributed by atoms with Crippen molar-refractivity contribution in [1.29, 1.82) is 0 Å². The first kappa shape index (κ1) is 21.7. The molecule has 2 aliphatic rings. The topological polar surface area (TPSA) is 97.1 Å². The zero-order valence-electron chi connectivity index (χ0n) is 17.6. The number of carbonyl (C=O) groups excluding carboxylic acids is 1. The van der Waals surface area contributed by atoms with Gasteiger partial charge in [0.05, 0.1) is 11.2 Å². The molecule has 2 bridgehead atoms. The summed E-state index contributed by atoms with van der Waals surface area (Å²) < 4.78 is 6.29. The fraction of sp³-hybridized carbons (Fsp3) is 0.435. The number of ether oxygens (including phenoxy) is 1. The van der Waals surface area contributed by atoms with Gasteiger partial charge in [-0.25, -0.2) is 0 Å². The van der Waals surface area contributed by atoms with Gasteiger partial charge in [0, 0.05) is 50.2 Å². The molecule has 0 spiro atoms. The number of aromatic nitrogens is 3. The van der Waals surface area contributed by atoms with Gasteiger partial charge in [0.1, 0.15) is 11.3 Å². The largest absolute Gasteiger partial charge is 0.373 e. The summed E-state index contributed by atoms with van der Waals surface area (Å²) in [5, 5.41) is 8.90. The number of piperidine rings is 1. The second-order valence-corrected chi connectivity index (χ2v) is 8.53. The van der Waals surface area contributed by atoms with Crippen LogP contribution in [0, 0.1) is 11.8 Å². The van der Waals surface area contributed by atoms with Crippen LogP contribution in [0.15, 0.2) is 42.6 Å². The summed E-state index contributed by atoms with van der Waals surface area (Å²) >= 11 is 0. The summed E-state index contributed by atoms with van der Waals surface area (Å²) in [5.41, 5.74) is 8.58. The SMILES string of the molecule is CO[C@@]1(c2ccnc(C(N)=O)c2)[C@@H]2CCC[C@H]1CN(Cc1n[nH]c3ccccc13)C2.Cl. The molecule has 1 saturated carbocycles. The Bertz CT molecular complexity index is 1070. The van der Waals surface area contributed by atoms with Crippen LogP contribution >= 0.6 is 12.4 Å². The average molecular weight is 442 g/mol. The van der Waals surface area contributed by atoms with Crippen LogP contribution in [0.3, 0.4) is 0 Å². The number of fused-ring (bicyclic) bond motifs is 3. The van der Waals surface area contributed by atoms with Crippen molar-refractivity contribution >= 4 is 29.2 Å². The number of hydrogen-bond acceptors (Lipinski definition) is 5. The molecule has 2 fully saturated rings. The molecule has 1 aromatic carbocycles. The average Bonchev–Trinajstić information content (AvgIpc) is 3.16. The number of nitrogens with zero attached hydrogens (tertiary/aromatic N) is 3. The number of likely N-dealkylation sites (tertiary alicyclic amines) is 1. The zero-order valence-corrected chi connectivity index (χ0v) is 18.4. The number of amides is 1. The van der Waals surface area contributed by atoms with E-state index in [2.05, 4.69) is 38.3 Å². The van der Waals surface area contributed by atoms with Gasteiger partial charge in [-0.05, 0) is 36.6 Å². The third kappa shape index (κ3) is 3.60. The molecule has 3 atom stereocenters. The highest BCUT2D eigenvalue weighted by Crippen LogP contribution is 2.51. The molecule has 5 rings (SSSR count). The number of nitrogens with two attached hydrogens (primary N) is 1. The number of rotatable bonds is 5. The van der Waals surface area contributed by atoms with Crippen LogP contribution in [0.4, 0.5) is 0 Å². The van der Waals surface area contributed by atoms with Crippen LogP contribution in [-0.2, 0) is 16.9 Å². The third-order valence-corrected chi connectivity index (χ3v) is 7.00. The molecule has 1 saturated heterocycles. The van der Waals surface area contributed by atoms with E-state index in [1.807, 2.05) is 18.2 Å². The second-order valence-electron chi connectivity index (χ2n) is 8.53. The molecular formula is C23H28ClN5O2. The number of halogens is 1. The Morgan fingerprint density at radius 1 is 1.26 bits per heavy atom. The predicted octanol–water partition coefficient (Wildman–Crippen LogP) is 3.25. The number of pyridine rings is 1. The van der Waals surface area contributed by atoms with Gasteiger partial charge in [-0.15, -0.1) is 12.4 Å². The highest BCUT2D eigenvalue weighted by atomic mass is 35.5. The van der Waals surface area contributed by atoms with Gasteiger partial charge in [-0.2, -0.15) is 5.10 Å². The van der Waals surface area contributed by atoms with E-state index in [0.29, 0.717) is 17.5 Å². The van der Waals surface area contributed by atoms with Gasteiger partial charge in [-0.3, -0.25) is 19.8 Å². The monoisotopic (exact) mass is 441 g/mol. The Kier molecular flexibility index (Phi) is 6.01. The number of methoxy groups -OCH3 is 1. The van der Waals surface area contributed by atoms with Crippen LogP contribution in [0.1, 0.15) is 41.0 Å². The number of benzene rings is 1. The predicted molar refractivity (Wildman–Crippen MR) is 121 cm³/mol. The Morgan fingerprint density at radius 3 is 2.71 bits per heavy atom. The second kappa shape index (κ2) is 8.57. The molecule has 3 N–H and O–H groups in total. The molecule has 7 nitrogen and oxygen atoms in total. The molecule has 0 unspecified atom stereocenters. The minimum absolute atomic E-state index is 0. The van der Waals surface area contributed by atoms with Crippen LogP contribution in [-0.4, -0.2) is 46.2 Å². The number of para-hydroxylation sites is 1. The van der Waals surface area contributed by atoms with Crippen LogP contribution in [0.2, 0.25) is 0 Å². The number of aromatic amines is 1. The number of carbonyl (C=O) groups is 1. The van der Waals surface area contributed by atoms with Crippen molar-refractivity contribution in [3.05, 3.63) is 59.5 Å². The summed E-state index contributed by atoms with van der Waals surface area (Å²) in [6, 6.07) is 12.1. The standard InChI is InChI=1S/C23H27N5O2.ClH/c1-30-23(15-9-10-25-20(11-15)22(24)29)16-5-4-6-17(23)13-28(12-16)14-21-18-7-2-3-8-19(18)26-27-21;/h2-3,7-11,16-17H,4-6,12-14H2,1H3,(H2,24,29)(H,26,27);1H/t16-,17+,23+;. The van der Waals surface area contributed by atoms with Gasteiger partial charge >= 0.3 is 0 Å². The number of hydrogen-bond donors (Lipinski definition) is 2. The summed E-state index contributed by atoms with van der Waals surface area (Å²) in [5.74, 6) is 0.169. The molecule has 3 heterocycles. The van der Waals surface area contributed by atoms with Crippen LogP contribution in [0.25, 0.3) is 10.9 Å². The van der Waals surface area contributed by atoms with E-state index in [1.54, 1.807) is 13.3 Å². The summed E-state index contributed by atoms with van der Waals surface area (Å²) in [6.07, 6.45) is 5.06. The molecule has 8 heteroatoms. The van der Waals surface area contributed by atoms with Gasteiger partial charge in [0.15, 0.2) is 0 Å². The first-order valence-electron chi connectivity index (χ1n) is 10.6. The van der Waals surface area contributed by atoms with E-state index < -0.39 is 11.5 Å². The van der Waals surface area contributed by atoms with E-state index in [0.717, 1.165) is 49.2 Å². The van der Waals surface area contributed by atoms with Crippen molar-refractivity contribution in [3.63, 3.8) is 0 Å². The fourth-order valence-electron chi connectivity index (χ4n) is 5.74. The first-order chi connectivity index (χ1) is 14.6. The van der Waals surface area contributed by atoms with Gasteiger partial charge < -0.3 is 10.5 Å². The number of nitrogens with one attached hydrogen (secondary N) is 1. The quantitative estimate of drug-likeness (QED) is 0.633. The lowest BCUT2D eigenvalue weighted by molar-refractivity contribution is -0.170. The molecule has 164 valence electrons. The van der Waals surface area contributed by atoms with Crippen LogP contribution < -0.4 is 5.73 Å². The Hall–Kier alpha value is -2.48. The van der Waals surface area contributed by atoms with Crippen molar-refractivity contribution in [2.45, 2.75) is 31.4 Å². The van der Waals surface area contributed by atoms with Crippen molar-refractivity contribution in [2.24, 2.45) is 17.6 Å². The van der Waals surface area contributed by atoms with Gasteiger partial charge in [0.2, 0.25) is 0 Å². The first-order valence-corrected chi connectivity index (χ1v) is 10.6. The Labute approximate surface area is 187 Å². The summed E-state index contributed by atoms with van der Waals surface area (Å²) in [6.45, 7) is 2.68. The number of H-pyrrole nitrogens is 1. The van der Waals surface area contributed by atoms with Crippen molar-refractivity contribution in [2.75, 3.05) is 20.2 Å². The third-order valence-electron chi connectivity index (χ3n) is 7.00. The van der Waals surface area contributed by atoms with E-state index in [-0.39, 0.29) is 12.4 Å². The normalized spacial score (nSPS) is 25.8. The smallest absolute Gasteiger partial charge is 0.267 e. The minimum Gasteiger partial charge on any atom is -0.373 e. The molecule has 1 amide bonds. The Morgan fingerprint density at radius 2 is 2.00 bits per heavy atom. The maximum Gasteiger partial charge on any atom is 0.267 e. The fourth-order valence-corrected chi connectivity index (χ4v) is 5.74.